The fourth-order valence-corrected chi connectivity index (χ4v) is 5.68. The van der Waals surface area contributed by atoms with Gasteiger partial charge in [-0.1, -0.05) is 24.8 Å². The normalized spacial score (nSPS) is 11.2. The number of carbonyl (C=O) groups excluding carboxylic acids is 1. The molecule has 0 spiro atoms. The molecule has 0 unspecified atom stereocenters. The Labute approximate surface area is 198 Å². The highest BCUT2D eigenvalue weighted by molar-refractivity contribution is 7.99. The second kappa shape index (κ2) is 9.36. The number of thiophene rings is 1. The number of carbonyl (C=O) groups is 1. The van der Waals surface area contributed by atoms with Crippen LogP contribution in [0.25, 0.3) is 15.9 Å². The molecule has 2 heterocycles. The van der Waals surface area contributed by atoms with Crippen LogP contribution >= 0.6 is 23.1 Å². The maximum atomic E-state index is 13.7. The summed E-state index contributed by atoms with van der Waals surface area (Å²) < 4.78 is 14.9. The first-order valence-electron chi connectivity index (χ1n) is 10.3. The topological polar surface area (TPSA) is 84.2 Å². The van der Waals surface area contributed by atoms with Crippen molar-refractivity contribution >= 4 is 44.9 Å². The zero-order valence-corrected chi connectivity index (χ0v) is 19.9. The average Bonchev–Trinajstić information content (AvgIpc) is 3.08. The Hall–Kier alpha value is -3.17. The summed E-state index contributed by atoms with van der Waals surface area (Å²) in [6.07, 6.45) is 0.708. The molecule has 0 fully saturated rings. The van der Waals surface area contributed by atoms with Crippen molar-refractivity contribution in [3.05, 3.63) is 74.6 Å². The Kier molecular flexibility index (Phi) is 6.53. The number of phenolic OH excluding ortho intramolecular Hbond substituents is 1. The van der Waals surface area contributed by atoms with Gasteiger partial charge in [0.15, 0.2) is 5.16 Å². The molecular weight excluding hydrogens is 461 g/mol. The number of halogens is 1. The first-order valence-corrected chi connectivity index (χ1v) is 12.1. The summed E-state index contributed by atoms with van der Waals surface area (Å²) in [5, 5.41) is 13.4. The highest BCUT2D eigenvalue weighted by Gasteiger charge is 2.21. The molecule has 0 aliphatic carbocycles. The lowest BCUT2D eigenvalue weighted by molar-refractivity contribution is -0.113. The minimum atomic E-state index is -0.441. The number of anilines is 1. The molecular formula is C24H22FN3O3S2. The maximum absolute atomic E-state index is 13.7. The molecule has 2 aromatic carbocycles. The molecule has 2 N–H and O–H groups in total. The van der Waals surface area contributed by atoms with Crippen molar-refractivity contribution in [3.63, 3.8) is 0 Å². The van der Waals surface area contributed by atoms with Gasteiger partial charge in [-0.3, -0.25) is 14.2 Å². The number of phenols is 1. The van der Waals surface area contributed by atoms with Crippen LogP contribution in [-0.2, 0) is 11.2 Å². The number of nitrogens with zero attached hydrogens (tertiary/aromatic N) is 2. The molecule has 0 atom stereocenters. The molecule has 6 nitrogen and oxygen atoms in total. The van der Waals surface area contributed by atoms with Gasteiger partial charge in [0.25, 0.3) is 5.56 Å². The lowest BCUT2D eigenvalue weighted by Crippen LogP contribution is -2.23. The molecule has 0 bridgehead atoms. The fourth-order valence-electron chi connectivity index (χ4n) is 3.72. The number of thioether (sulfide) groups is 1. The van der Waals surface area contributed by atoms with E-state index in [2.05, 4.69) is 5.32 Å². The van der Waals surface area contributed by atoms with E-state index in [0.29, 0.717) is 38.7 Å². The molecule has 0 saturated carbocycles. The van der Waals surface area contributed by atoms with Crippen molar-refractivity contribution < 1.29 is 14.3 Å². The SMILES string of the molecule is CCc1c(C)sc2nc(SCC(=O)Nc3cccc(F)c3)n(-c3ccc(O)cc3C)c(=O)c12. The highest BCUT2D eigenvalue weighted by atomic mass is 32.2. The lowest BCUT2D eigenvalue weighted by Gasteiger charge is -2.15. The molecule has 4 rings (SSSR count). The Balaban J connectivity index is 1.76. The number of rotatable bonds is 6. The van der Waals surface area contributed by atoms with Crippen molar-refractivity contribution in [1.82, 2.24) is 9.55 Å². The number of amides is 1. The van der Waals surface area contributed by atoms with Gasteiger partial charge in [-0.25, -0.2) is 9.37 Å². The van der Waals surface area contributed by atoms with E-state index in [4.69, 9.17) is 4.98 Å². The van der Waals surface area contributed by atoms with Crippen LogP contribution in [0.3, 0.4) is 0 Å². The van der Waals surface area contributed by atoms with Gasteiger partial charge < -0.3 is 10.4 Å². The summed E-state index contributed by atoms with van der Waals surface area (Å²) in [5.74, 6) is -0.700. The van der Waals surface area contributed by atoms with Gasteiger partial charge >= 0.3 is 0 Å². The lowest BCUT2D eigenvalue weighted by atomic mass is 10.1. The van der Waals surface area contributed by atoms with E-state index in [1.165, 1.54) is 40.2 Å². The first-order chi connectivity index (χ1) is 15.8. The molecule has 0 radical (unpaired) electrons. The third-order valence-corrected chi connectivity index (χ3v) is 7.19. The number of aromatic hydroxyl groups is 1. The third kappa shape index (κ3) is 4.65. The van der Waals surface area contributed by atoms with E-state index in [0.717, 1.165) is 22.2 Å². The first kappa shape index (κ1) is 23.0. The fraction of sp³-hybridized carbons (Fsp3) is 0.208. The van der Waals surface area contributed by atoms with Gasteiger partial charge in [-0.05, 0) is 67.8 Å². The van der Waals surface area contributed by atoms with E-state index in [1.54, 1.807) is 25.1 Å². The predicted octanol–water partition coefficient (Wildman–Crippen LogP) is 5.20. The van der Waals surface area contributed by atoms with Crippen molar-refractivity contribution in [2.24, 2.45) is 0 Å². The van der Waals surface area contributed by atoms with Crippen LogP contribution in [-0.4, -0.2) is 26.3 Å². The van der Waals surface area contributed by atoms with Crippen LogP contribution in [0.2, 0.25) is 0 Å². The van der Waals surface area contributed by atoms with E-state index in [1.807, 2.05) is 13.8 Å². The van der Waals surface area contributed by atoms with Crippen LogP contribution in [0.5, 0.6) is 5.75 Å². The van der Waals surface area contributed by atoms with Crippen LogP contribution in [0, 0.1) is 19.7 Å². The third-order valence-electron chi connectivity index (χ3n) is 5.21. The van der Waals surface area contributed by atoms with E-state index < -0.39 is 5.82 Å². The number of hydrogen-bond donors (Lipinski definition) is 2. The summed E-state index contributed by atoms with van der Waals surface area (Å²) in [4.78, 5) is 32.6. The van der Waals surface area contributed by atoms with Crippen LogP contribution in [0.4, 0.5) is 10.1 Å². The number of aryl methyl sites for hydroxylation is 3. The summed E-state index contributed by atoms with van der Waals surface area (Å²) in [7, 11) is 0. The smallest absolute Gasteiger partial charge is 0.267 e. The number of benzene rings is 2. The van der Waals surface area contributed by atoms with Gasteiger partial charge in [0.2, 0.25) is 5.91 Å². The van der Waals surface area contributed by atoms with Crippen LogP contribution in [0.1, 0.15) is 22.9 Å². The molecule has 170 valence electrons. The minimum absolute atomic E-state index is 0.0173. The Morgan fingerprint density at radius 1 is 1.24 bits per heavy atom. The van der Waals surface area contributed by atoms with Crippen molar-refractivity contribution in [3.8, 4) is 11.4 Å². The highest BCUT2D eigenvalue weighted by Crippen LogP contribution is 2.31. The molecule has 4 aromatic rings. The number of hydrogen-bond acceptors (Lipinski definition) is 6. The average molecular weight is 484 g/mol. The Morgan fingerprint density at radius 3 is 2.73 bits per heavy atom. The van der Waals surface area contributed by atoms with E-state index >= 15 is 0 Å². The van der Waals surface area contributed by atoms with Crippen molar-refractivity contribution in [1.29, 1.82) is 0 Å². The maximum Gasteiger partial charge on any atom is 0.267 e. The summed E-state index contributed by atoms with van der Waals surface area (Å²) in [6.45, 7) is 5.78. The summed E-state index contributed by atoms with van der Waals surface area (Å²) in [5.41, 5.74) is 2.42. The van der Waals surface area contributed by atoms with Gasteiger partial charge in [0.1, 0.15) is 16.4 Å². The van der Waals surface area contributed by atoms with Crippen molar-refractivity contribution in [2.75, 3.05) is 11.1 Å². The molecule has 9 heteroatoms. The second-order valence-electron chi connectivity index (χ2n) is 7.52. The number of fused-ring (bicyclic) bond motifs is 1. The molecule has 33 heavy (non-hydrogen) atoms. The van der Waals surface area contributed by atoms with E-state index in [-0.39, 0.29) is 23.0 Å². The molecule has 0 aliphatic rings. The van der Waals surface area contributed by atoms with Crippen LogP contribution in [0.15, 0.2) is 52.4 Å². The number of aromatic nitrogens is 2. The molecule has 0 saturated heterocycles. The Morgan fingerprint density at radius 2 is 2.03 bits per heavy atom. The zero-order chi connectivity index (χ0) is 23.7. The number of nitrogens with one attached hydrogen (secondary N) is 1. The van der Waals surface area contributed by atoms with Gasteiger partial charge in [0, 0.05) is 10.6 Å². The molecule has 2 aromatic heterocycles. The second-order valence-corrected chi connectivity index (χ2v) is 9.67. The molecule has 1 amide bonds. The van der Waals surface area contributed by atoms with Gasteiger partial charge in [0.05, 0.1) is 16.8 Å². The minimum Gasteiger partial charge on any atom is -0.508 e. The summed E-state index contributed by atoms with van der Waals surface area (Å²) >= 11 is 2.59. The largest absolute Gasteiger partial charge is 0.508 e. The standard InChI is InChI=1S/C24H22FN3O3S2/c1-4-18-14(3)33-22-21(18)23(31)28(19-9-8-17(29)10-13(19)2)24(27-22)32-12-20(30)26-16-7-5-6-15(25)11-16/h5-11,29H,4,12H2,1-3H3,(H,26,30). The molecule has 0 aliphatic heterocycles. The van der Waals surface area contributed by atoms with Gasteiger partial charge in [-0.2, -0.15) is 0 Å². The quantitative estimate of drug-likeness (QED) is 0.291. The summed E-state index contributed by atoms with van der Waals surface area (Å²) in [6, 6.07) is 10.4. The zero-order valence-electron chi connectivity index (χ0n) is 18.3. The van der Waals surface area contributed by atoms with Crippen LogP contribution < -0.4 is 10.9 Å². The van der Waals surface area contributed by atoms with Crippen molar-refractivity contribution in [2.45, 2.75) is 32.3 Å². The van der Waals surface area contributed by atoms with E-state index in [9.17, 15) is 19.1 Å². The Bertz CT molecular complexity index is 1430. The monoisotopic (exact) mass is 483 g/mol. The predicted molar refractivity (Wildman–Crippen MR) is 131 cm³/mol. The van der Waals surface area contributed by atoms with Gasteiger partial charge in [-0.15, -0.1) is 11.3 Å².